The van der Waals surface area contributed by atoms with Crippen LogP contribution < -0.4 is 4.74 Å². The van der Waals surface area contributed by atoms with E-state index in [0.29, 0.717) is 24.8 Å². The van der Waals surface area contributed by atoms with Crippen molar-refractivity contribution >= 4 is 6.08 Å². The van der Waals surface area contributed by atoms with Crippen molar-refractivity contribution in [1.29, 1.82) is 0 Å². The molecule has 2 unspecified atom stereocenters. The average Bonchev–Trinajstić information content (AvgIpc) is 3.45. The molecule has 3 N–H and O–H groups in total. The standard InChI is InChI=1S/C25H28N2O5/c1-17(29)25-26-12-13-27(25)21(14-28)9-4-18-2-5-19(6-3-18)20-7-10-22(11-8-20)32-24-16-31-15-23(24)30/h2-13,17,21,23-24,28-30H,14-16H2,1H3/t17?,21-,23?,24-/m0/s1. The van der Waals surface area contributed by atoms with Crippen molar-refractivity contribution in [2.45, 2.75) is 31.3 Å². The fourth-order valence-corrected chi connectivity index (χ4v) is 3.72. The fraction of sp³-hybridized carbons (Fsp3) is 0.320. The summed E-state index contributed by atoms with van der Waals surface area (Å²) in [6.07, 6.45) is 5.59. The Labute approximate surface area is 187 Å². The third-order valence-electron chi connectivity index (χ3n) is 5.51. The molecule has 7 heteroatoms. The van der Waals surface area contributed by atoms with Crippen LogP contribution in [0.3, 0.4) is 0 Å². The van der Waals surface area contributed by atoms with Gasteiger partial charge >= 0.3 is 0 Å². The lowest BCUT2D eigenvalue weighted by Gasteiger charge is -2.16. The van der Waals surface area contributed by atoms with E-state index in [1.54, 1.807) is 23.9 Å². The first-order valence-corrected chi connectivity index (χ1v) is 10.7. The predicted molar refractivity (Wildman–Crippen MR) is 121 cm³/mol. The van der Waals surface area contributed by atoms with Gasteiger partial charge in [-0.2, -0.15) is 0 Å². The van der Waals surface area contributed by atoms with Gasteiger partial charge in [-0.25, -0.2) is 4.98 Å². The van der Waals surface area contributed by atoms with Crippen LogP contribution in [-0.2, 0) is 4.74 Å². The highest BCUT2D eigenvalue weighted by Crippen LogP contribution is 2.25. The molecule has 7 nitrogen and oxygen atoms in total. The van der Waals surface area contributed by atoms with E-state index in [9.17, 15) is 15.3 Å². The van der Waals surface area contributed by atoms with Gasteiger partial charge in [0.25, 0.3) is 0 Å². The largest absolute Gasteiger partial charge is 0.485 e. The first-order chi connectivity index (χ1) is 15.5. The second-order valence-corrected chi connectivity index (χ2v) is 7.89. The van der Waals surface area contributed by atoms with Crippen LogP contribution in [-0.4, -0.2) is 56.9 Å². The summed E-state index contributed by atoms with van der Waals surface area (Å²) in [5, 5.41) is 29.4. The molecular weight excluding hydrogens is 408 g/mol. The van der Waals surface area contributed by atoms with Crippen molar-refractivity contribution < 1.29 is 24.8 Å². The van der Waals surface area contributed by atoms with E-state index in [-0.39, 0.29) is 18.8 Å². The summed E-state index contributed by atoms with van der Waals surface area (Å²) in [6, 6.07) is 15.6. The van der Waals surface area contributed by atoms with Crippen molar-refractivity contribution in [3.8, 4) is 16.9 Å². The molecule has 1 saturated heterocycles. The van der Waals surface area contributed by atoms with Gasteiger partial charge < -0.3 is 29.4 Å². The average molecular weight is 437 g/mol. The maximum absolute atomic E-state index is 9.85. The van der Waals surface area contributed by atoms with E-state index >= 15 is 0 Å². The van der Waals surface area contributed by atoms with Crippen molar-refractivity contribution in [3.63, 3.8) is 0 Å². The minimum atomic E-state index is -0.708. The SMILES string of the molecule is CC(O)c1nccn1[C@@H](C=Cc1ccc(-c2ccc(O[C@H]3COCC3O)cc2)cc1)CO. The van der Waals surface area contributed by atoms with Gasteiger partial charge in [-0.1, -0.05) is 48.6 Å². The van der Waals surface area contributed by atoms with Crippen molar-refractivity contribution in [3.05, 3.63) is 78.4 Å². The number of nitrogens with zero attached hydrogens (tertiary/aromatic N) is 2. The van der Waals surface area contributed by atoms with Crippen molar-refractivity contribution in [2.75, 3.05) is 19.8 Å². The third-order valence-corrected chi connectivity index (χ3v) is 5.51. The fourth-order valence-electron chi connectivity index (χ4n) is 3.72. The first kappa shape index (κ1) is 22.2. The van der Waals surface area contributed by atoms with Gasteiger partial charge in [-0.05, 0) is 35.7 Å². The molecule has 1 aliphatic heterocycles. The number of rotatable bonds is 8. The van der Waals surface area contributed by atoms with Crippen LogP contribution in [0, 0.1) is 0 Å². The number of aromatic nitrogens is 2. The highest BCUT2D eigenvalue weighted by molar-refractivity contribution is 5.66. The topological polar surface area (TPSA) is 97.0 Å². The Balaban J connectivity index is 1.41. The molecule has 0 saturated carbocycles. The Hall–Kier alpha value is -2.97. The minimum Gasteiger partial charge on any atom is -0.485 e. The molecule has 0 spiro atoms. The molecule has 0 bridgehead atoms. The van der Waals surface area contributed by atoms with Gasteiger partial charge in [-0.3, -0.25) is 0 Å². The summed E-state index contributed by atoms with van der Waals surface area (Å²) < 4.78 is 12.8. The second-order valence-electron chi connectivity index (χ2n) is 7.89. The zero-order chi connectivity index (χ0) is 22.5. The summed E-state index contributed by atoms with van der Waals surface area (Å²) >= 11 is 0. The summed E-state index contributed by atoms with van der Waals surface area (Å²) in [7, 11) is 0. The lowest BCUT2D eigenvalue weighted by molar-refractivity contribution is 0.0733. The Morgan fingerprint density at radius 1 is 1.12 bits per heavy atom. The summed E-state index contributed by atoms with van der Waals surface area (Å²) in [4.78, 5) is 4.16. The maximum atomic E-state index is 9.85. The van der Waals surface area contributed by atoms with E-state index in [4.69, 9.17) is 9.47 Å². The van der Waals surface area contributed by atoms with E-state index in [2.05, 4.69) is 4.98 Å². The van der Waals surface area contributed by atoms with Crippen LogP contribution in [0.5, 0.6) is 5.75 Å². The van der Waals surface area contributed by atoms with Gasteiger partial charge in [0, 0.05) is 12.4 Å². The Morgan fingerprint density at radius 3 is 2.41 bits per heavy atom. The van der Waals surface area contributed by atoms with Gasteiger partial charge in [0.1, 0.15) is 29.9 Å². The quantitative estimate of drug-likeness (QED) is 0.502. The zero-order valence-electron chi connectivity index (χ0n) is 17.9. The Kier molecular flexibility index (Phi) is 7.02. The van der Waals surface area contributed by atoms with Gasteiger partial charge in [-0.15, -0.1) is 0 Å². The molecule has 4 rings (SSSR count). The summed E-state index contributed by atoms with van der Waals surface area (Å²) in [5.74, 6) is 1.22. The van der Waals surface area contributed by atoms with Gasteiger partial charge in [0.2, 0.25) is 0 Å². The smallest absolute Gasteiger partial charge is 0.150 e. The molecule has 2 heterocycles. The van der Waals surface area contributed by atoms with E-state index in [0.717, 1.165) is 16.7 Å². The number of benzene rings is 2. The molecule has 0 aliphatic carbocycles. The second kappa shape index (κ2) is 10.1. The lowest BCUT2D eigenvalue weighted by Crippen LogP contribution is -2.29. The molecule has 0 radical (unpaired) electrons. The van der Waals surface area contributed by atoms with E-state index in [1.165, 1.54) is 0 Å². The number of aliphatic hydroxyl groups excluding tert-OH is 3. The summed E-state index contributed by atoms with van der Waals surface area (Å²) in [5.41, 5.74) is 3.13. The number of aliphatic hydroxyl groups is 3. The summed E-state index contributed by atoms with van der Waals surface area (Å²) in [6.45, 7) is 2.27. The van der Waals surface area contributed by atoms with E-state index < -0.39 is 12.2 Å². The van der Waals surface area contributed by atoms with Crippen molar-refractivity contribution in [2.24, 2.45) is 0 Å². The molecule has 0 amide bonds. The number of hydrogen-bond acceptors (Lipinski definition) is 6. The molecule has 1 fully saturated rings. The monoisotopic (exact) mass is 436 g/mol. The molecule has 168 valence electrons. The van der Waals surface area contributed by atoms with E-state index in [1.807, 2.05) is 60.7 Å². The Bertz CT molecular complexity index is 1030. The molecular formula is C25H28N2O5. The number of ether oxygens (including phenoxy) is 2. The van der Waals surface area contributed by atoms with Crippen molar-refractivity contribution in [1.82, 2.24) is 9.55 Å². The van der Waals surface area contributed by atoms with Crippen LogP contribution in [0.1, 0.15) is 30.5 Å². The molecule has 32 heavy (non-hydrogen) atoms. The highest BCUT2D eigenvalue weighted by Gasteiger charge is 2.27. The molecule has 1 aliphatic rings. The van der Waals surface area contributed by atoms with Crippen LogP contribution in [0.4, 0.5) is 0 Å². The van der Waals surface area contributed by atoms with Crippen LogP contribution in [0.15, 0.2) is 67.0 Å². The highest BCUT2D eigenvalue weighted by atomic mass is 16.6. The first-order valence-electron chi connectivity index (χ1n) is 10.7. The van der Waals surface area contributed by atoms with Crippen LogP contribution in [0.2, 0.25) is 0 Å². The molecule has 2 aromatic carbocycles. The number of imidazole rings is 1. The molecule has 1 aromatic heterocycles. The normalized spacial score (nSPS) is 20.5. The predicted octanol–water partition coefficient (Wildman–Crippen LogP) is 2.99. The lowest BCUT2D eigenvalue weighted by atomic mass is 10.0. The molecule has 4 atom stereocenters. The Morgan fingerprint density at radius 2 is 1.81 bits per heavy atom. The van der Waals surface area contributed by atoms with Gasteiger partial charge in [0.15, 0.2) is 0 Å². The number of hydrogen-bond donors (Lipinski definition) is 3. The maximum Gasteiger partial charge on any atom is 0.150 e. The molecule has 3 aromatic rings. The zero-order valence-corrected chi connectivity index (χ0v) is 17.9. The van der Waals surface area contributed by atoms with Gasteiger partial charge in [0.05, 0.1) is 25.9 Å². The van der Waals surface area contributed by atoms with Crippen LogP contribution in [0.25, 0.3) is 17.2 Å². The minimum absolute atomic E-state index is 0.0942. The third kappa shape index (κ3) is 5.08. The van der Waals surface area contributed by atoms with Crippen LogP contribution >= 0.6 is 0 Å².